The molecule has 3 atom stereocenters. The second kappa shape index (κ2) is 7.24. The van der Waals surface area contributed by atoms with Crippen molar-refractivity contribution in [1.82, 2.24) is 14.8 Å². The standard InChI is InChI=1S/C19H29N5O2S/c1-23-9-5-13-14(11-23)27-17(22-13)16(25)19(21)6-4-12(10-15(19)20)18(26)24-7-2-3-8-24/h12,15H,2-11,20-21H2,1H3. The number of Topliss-reactive ketones (excluding diaryl/α,β-unsaturated/α-hetero) is 1. The first-order valence-electron chi connectivity index (χ1n) is 9.93. The van der Waals surface area contributed by atoms with Crippen LogP contribution in [0.2, 0.25) is 0 Å². The summed E-state index contributed by atoms with van der Waals surface area (Å²) in [4.78, 5) is 35.8. The maximum atomic E-state index is 13.2. The van der Waals surface area contributed by atoms with Gasteiger partial charge in [-0.05, 0) is 39.2 Å². The molecule has 0 bridgehead atoms. The molecule has 148 valence electrons. The van der Waals surface area contributed by atoms with Crippen LogP contribution in [0.25, 0.3) is 0 Å². The van der Waals surface area contributed by atoms with Crippen molar-refractivity contribution < 1.29 is 9.59 Å². The third-order valence-corrected chi connectivity index (χ3v) is 7.49. The molecule has 1 aromatic rings. The van der Waals surface area contributed by atoms with E-state index in [9.17, 15) is 9.59 Å². The molecule has 0 spiro atoms. The summed E-state index contributed by atoms with van der Waals surface area (Å²) in [5, 5.41) is 0.484. The van der Waals surface area contributed by atoms with Gasteiger partial charge in [-0.25, -0.2) is 4.98 Å². The Morgan fingerprint density at radius 3 is 2.70 bits per heavy atom. The number of ketones is 1. The minimum absolute atomic E-state index is 0.110. The Morgan fingerprint density at radius 2 is 2.00 bits per heavy atom. The van der Waals surface area contributed by atoms with E-state index in [1.165, 1.54) is 11.3 Å². The zero-order chi connectivity index (χ0) is 19.2. The smallest absolute Gasteiger partial charge is 0.225 e. The van der Waals surface area contributed by atoms with Crippen molar-refractivity contribution in [1.29, 1.82) is 0 Å². The van der Waals surface area contributed by atoms with Gasteiger partial charge in [0.1, 0.15) is 0 Å². The molecule has 3 unspecified atom stereocenters. The number of amides is 1. The molecule has 1 saturated carbocycles. The first-order valence-corrected chi connectivity index (χ1v) is 10.8. The Kier molecular flexibility index (Phi) is 5.09. The largest absolute Gasteiger partial charge is 0.342 e. The van der Waals surface area contributed by atoms with E-state index in [-0.39, 0.29) is 17.6 Å². The summed E-state index contributed by atoms with van der Waals surface area (Å²) < 4.78 is 0. The summed E-state index contributed by atoms with van der Waals surface area (Å²) in [6.07, 6.45) is 4.57. The predicted octanol–water partition coefficient (Wildman–Crippen LogP) is 0.761. The van der Waals surface area contributed by atoms with Crippen molar-refractivity contribution in [3.8, 4) is 0 Å². The van der Waals surface area contributed by atoms with Crippen molar-refractivity contribution in [3.63, 3.8) is 0 Å². The molecule has 3 heterocycles. The Labute approximate surface area is 164 Å². The second-order valence-corrected chi connectivity index (χ2v) is 9.44. The molecule has 8 heteroatoms. The average Bonchev–Trinajstić information content (AvgIpc) is 3.32. The average molecular weight is 392 g/mol. The Morgan fingerprint density at radius 1 is 1.26 bits per heavy atom. The summed E-state index contributed by atoms with van der Waals surface area (Å²) in [7, 11) is 2.07. The lowest BCUT2D eigenvalue weighted by Gasteiger charge is -2.40. The van der Waals surface area contributed by atoms with Crippen molar-refractivity contribution in [3.05, 3.63) is 15.6 Å². The quantitative estimate of drug-likeness (QED) is 0.737. The SMILES string of the molecule is CN1CCc2nc(C(=O)C3(N)CCC(C(=O)N4CCCC4)CC3N)sc2C1. The zero-order valence-corrected chi connectivity index (χ0v) is 16.8. The van der Waals surface area contributed by atoms with Crippen LogP contribution in [0.15, 0.2) is 0 Å². The van der Waals surface area contributed by atoms with Crippen molar-refractivity contribution in [2.24, 2.45) is 17.4 Å². The minimum atomic E-state index is -1.12. The molecule has 3 aliphatic rings. The third kappa shape index (κ3) is 3.44. The van der Waals surface area contributed by atoms with E-state index < -0.39 is 11.6 Å². The fourth-order valence-electron chi connectivity index (χ4n) is 4.55. The molecule has 1 aromatic heterocycles. The summed E-state index contributed by atoms with van der Waals surface area (Å²) >= 11 is 1.46. The van der Waals surface area contributed by atoms with E-state index in [1.807, 2.05) is 4.90 Å². The monoisotopic (exact) mass is 391 g/mol. The Hall–Kier alpha value is -1.35. The first kappa shape index (κ1) is 19.0. The topological polar surface area (TPSA) is 106 Å². The van der Waals surface area contributed by atoms with E-state index in [0.717, 1.165) is 56.0 Å². The van der Waals surface area contributed by atoms with Crippen molar-refractivity contribution >= 4 is 23.0 Å². The van der Waals surface area contributed by atoms with E-state index in [1.54, 1.807) is 0 Å². The number of nitrogens with two attached hydrogens (primary N) is 2. The van der Waals surface area contributed by atoms with Crippen LogP contribution in [-0.2, 0) is 17.8 Å². The molecule has 0 aromatic carbocycles. The highest BCUT2D eigenvalue weighted by molar-refractivity contribution is 7.13. The molecular weight excluding hydrogens is 362 g/mol. The van der Waals surface area contributed by atoms with E-state index in [4.69, 9.17) is 11.5 Å². The molecule has 4 rings (SSSR count). The van der Waals surface area contributed by atoms with Gasteiger partial charge in [0.05, 0.1) is 11.2 Å². The second-order valence-electron chi connectivity index (χ2n) is 8.36. The molecule has 2 aliphatic heterocycles. The van der Waals surface area contributed by atoms with Gasteiger partial charge in [0.15, 0.2) is 5.01 Å². The van der Waals surface area contributed by atoms with Crippen LogP contribution in [0.3, 0.4) is 0 Å². The van der Waals surface area contributed by atoms with Crippen LogP contribution >= 0.6 is 11.3 Å². The summed E-state index contributed by atoms with van der Waals surface area (Å²) in [5.41, 5.74) is 12.8. The fraction of sp³-hybridized carbons (Fsp3) is 0.737. The summed E-state index contributed by atoms with van der Waals surface area (Å²) in [6.45, 7) is 3.47. The molecule has 1 amide bonds. The van der Waals surface area contributed by atoms with Gasteiger partial charge in [0.25, 0.3) is 0 Å². The lowest BCUT2D eigenvalue weighted by atomic mass is 9.71. The number of thiazole rings is 1. The van der Waals surface area contributed by atoms with Gasteiger partial charge in [-0.2, -0.15) is 0 Å². The third-order valence-electron chi connectivity index (χ3n) is 6.41. The summed E-state index contributed by atoms with van der Waals surface area (Å²) in [5.74, 6) is -0.0740. The minimum Gasteiger partial charge on any atom is -0.342 e. The van der Waals surface area contributed by atoms with Crippen LogP contribution in [-0.4, -0.2) is 64.7 Å². The maximum absolute atomic E-state index is 13.2. The highest BCUT2D eigenvalue weighted by Crippen LogP contribution is 2.35. The Bertz CT molecular complexity index is 744. The van der Waals surface area contributed by atoms with Gasteiger partial charge >= 0.3 is 0 Å². The number of fused-ring (bicyclic) bond motifs is 1. The van der Waals surface area contributed by atoms with Gasteiger partial charge in [0.2, 0.25) is 11.7 Å². The van der Waals surface area contributed by atoms with Crippen molar-refractivity contribution in [2.75, 3.05) is 26.7 Å². The van der Waals surface area contributed by atoms with Crippen molar-refractivity contribution in [2.45, 2.75) is 56.7 Å². The number of nitrogens with zero attached hydrogens (tertiary/aromatic N) is 3. The van der Waals surface area contributed by atoms with E-state index >= 15 is 0 Å². The molecule has 7 nitrogen and oxygen atoms in total. The van der Waals surface area contributed by atoms with Crippen LogP contribution in [0.5, 0.6) is 0 Å². The lowest BCUT2D eigenvalue weighted by Crippen LogP contribution is -2.64. The van der Waals surface area contributed by atoms with Gasteiger partial charge in [0, 0.05) is 49.4 Å². The van der Waals surface area contributed by atoms with Crippen LogP contribution < -0.4 is 11.5 Å². The maximum Gasteiger partial charge on any atom is 0.225 e. The number of hydrogen-bond donors (Lipinski definition) is 2. The number of likely N-dealkylation sites (N-methyl/N-ethyl adjacent to an activating group) is 1. The normalized spacial score (nSPS) is 31.7. The molecule has 0 radical (unpaired) electrons. The Balaban J connectivity index is 1.47. The molecule has 4 N–H and O–H groups in total. The predicted molar refractivity (Wildman–Crippen MR) is 105 cm³/mol. The number of likely N-dealkylation sites (tertiary alicyclic amines) is 1. The fourth-order valence-corrected chi connectivity index (χ4v) is 5.78. The number of carbonyl (C=O) groups excluding carboxylic acids is 2. The van der Waals surface area contributed by atoms with E-state index in [0.29, 0.717) is 24.3 Å². The molecule has 1 aliphatic carbocycles. The van der Waals surface area contributed by atoms with Crippen LogP contribution in [0.1, 0.15) is 52.5 Å². The molecule has 27 heavy (non-hydrogen) atoms. The highest BCUT2D eigenvalue weighted by Gasteiger charge is 2.48. The van der Waals surface area contributed by atoms with Gasteiger partial charge in [-0.15, -0.1) is 11.3 Å². The summed E-state index contributed by atoms with van der Waals surface area (Å²) in [6, 6.07) is -0.515. The van der Waals surface area contributed by atoms with Crippen LogP contribution in [0.4, 0.5) is 0 Å². The lowest BCUT2D eigenvalue weighted by molar-refractivity contribution is -0.136. The molecular formula is C19H29N5O2S. The number of rotatable bonds is 3. The molecule has 1 saturated heterocycles. The first-order chi connectivity index (χ1) is 12.9. The highest BCUT2D eigenvalue weighted by atomic mass is 32.1. The van der Waals surface area contributed by atoms with Gasteiger partial charge in [-0.3, -0.25) is 9.59 Å². The molecule has 2 fully saturated rings. The van der Waals surface area contributed by atoms with Crippen LogP contribution in [0, 0.1) is 5.92 Å². The van der Waals surface area contributed by atoms with E-state index in [2.05, 4.69) is 16.9 Å². The van der Waals surface area contributed by atoms with Gasteiger partial charge < -0.3 is 21.3 Å². The van der Waals surface area contributed by atoms with Gasteiger partial charge in [-0.1, -0.05) is 0 Å². The zero-order valence-electron chi connectivity index (χ0n) is 15.9. The number of carbonyl (C=O) groups is 2. The number of aromatic nitrogens is 1. The number of hydrogen-bond acceptors (Lipinski definition) is 7.